The number of esters is 1. The number of quaternary nitrogens is 1. The summed E-state index contributed by atoms with van der Waals surface area (Å²) in [7, 11) is 1.38. The number of rotatable bonds is 4. The Kier molecular flexibility index (Phi) is 5.01. The summed E-state index contributed by atoms with van der Waals surface area (Å²) in [6.07, 6.45) is 0. The molecule has 0 radical (unpaired) electrons. The zero-order valence-corrected chi connectivity index (χ0v) is 14.0. The number of hydrogen-bond donors (Lipinski definition) is 2. The van der Waals surface area contributed by atoms with E-state index in [0.717, 1.165) is 38.4 Å². The van der Waals surface area contributed by atoms with Crippen molar-refractivity contribution in [3.8, 4) is 0 Å². The summed E-state index contributed by atoms with van der Waals surface area (Å²) in [4.78, 5) is 15.5. The minimum Gasteiger partial charge on any atom is -0.465 e. The summed E-state index contributed by atoms with van der Waals surface area (Å²) in [5, 5.41) is 0. The molecule has 1 aliphatic rings. The van der Waals surface area contributed by atoms with Crippen LogP contribution in [0.3, 0.4) is 0 Å². The first kappa shape index (κ1) is 16.3. The van der Waals surface area contributed by atoms with Crippen molar-refractivity contribution < 1.29 is 14.4 Å². The molecule has 0 aromatic heterocycles. The van der Waals surface area contributed by atoms with Crippen molar-refractivity contribution in [2.45, 2.75) is 6.54 Å². The molecule has 1 heterocycles. The second-order valence-corrected chi connectivity index (χ2v) is 6.16. The molecule has 2 aromatic carbocycles. The van der Waals surface area contributed by atoms with Crippen LogP contribution < -0.4 is 15.5 Å². The first-order chi connectivity index (χ1) is 11.7. The number of hydrogen-bond acceptors (Lipinski definition) is 4. The number of piperazine rings is 1. The van der Waals surface area contributed by atoms with Gasteiger partial charge in [-0.3, -0.25) is 0 Å². The zero-order chi connectivity index (χ0) is 16.9. The first-order valence-electron chi connectivity index (χ1n) is 8.27. The molecule has 0 aliphatic carbocycles. The van der Waals surface area contributed by atoms with Gasteiger partial charge in [-0.2, -0.15) is 0 Å². The summed E-state index contributed by atoms with van der Waals surface area (Å²) < 4.78 is 4.74. The minimum absolute atomic E-state index is 0.356. The number of carbonyl (C=O) groups excluding carboxylic acids is 1. The molecule has 2 aromatic rings. The molecule has 3 N–H and O–H groups in total. The molecule has 1 saturated heterocycles. The molecular formula is C19H24N3O2+. The Morgan fingerprint density at radius 3 is 2.50 bits per heavy atom. The molecule has 0 spiro atoms. The fraction of sp³-hybridized carbons (Fsp3) is 0.316. The average molecular weight is 326 g/mol. The average Bonchev–Trinajstić information content (AvgIpc) is 2.62. The molecule has 24 heavy (non-hydrogen) atoms. The van der Waals surface area contributed by atoms with Gasteiger partial charge < -0.3 is 20.3 Å². The van der Waals surface area contributed by atoms with E-state index >= 15 is 0 Å². The second-order valence-electron chi connectivity index (χ2n) is 6.16. The van der Waals surface area contributed by atoms with Gasteiger partial charge in [0.05, 0.1) is 50.2 Å². The highest BCUT2D eigenvalue weighted by atomic mass is 16.5. The Morgan fingerprint density at radius 2 is 1.88 bits per heavy atom. The van der Waals surface area contributed by atoms with Gasteiger partial charge in [0.15, 0.2) is 0 Å². The van der Waals surface area contributed by atoms with Crippen molar-refractivity contribution in [1.29, 1.82) is 0 Å². The highest BCUT2D eigenvalue weighted by Gasteiger charge is 2.22. The third-order valence-electron chi connectivity index (χ3n) is 4.56. The Hall–Kier alpha value is -2.53. The summed E-state index contributed by atoms with van der Waals surface area (Å²) >= 11 is 0. The van der Waals surface area contributed by atoms with Gasteiger partial charge >= 0.3 is 5.97 Å². The van der Waals surface area contributed by atoms with Crippen LogP contribution in [-0.4, -0.2) is 39.3 Å². The first-order valence-corrected chi connectivity index (χ1v) is 8.27. The standard InChI is InChI=1S/C19H23N3O2/c1-24-19(23)16-7-8-18(17(20)13-16)22-11-9-21(10-12-22)14-15-5-3-2-4-6-15/h2-8,13H,9-12,14,20H2,1H3/p+1. The van der Waals surface area contributed by atoms with E-state index in [9.17, 15) is 4.79 Å². The highest BCUT2D eigenvalue weighted by Crippen LogP contribution is 2.24. The molecule has 3 rings (SSSR count). The number of benzene rings is 2. The predicted molar refractivity (Wildman–Crippen MR) is 95.2 cm³/mol. The van der Waals surface area contributed by atoms with Crippen LogP contribution in [0.1, 0.15) is 15.9 Å². The van der Waals surface area contributed by atoms with Crippen LogP contribution >= 0.6 is 0 Å². The SMILES string of the molecule is COC(=O)c1ccc(N2CC[NH+](Cc3ccccc3)CC2)c(N)c1. The van der Waals surface area contributed by atoms with E-state index in [1.165, 1.54) is 12.7 Å². The zero-order valence-electron chi connectivity index (χ0n) is 14.0. The van der Waals surface area contributed by atoms with Crippen LogP contribution in [0.5, 0.6) is 0 Å². The molecule has 1 aliphatic heterocycles. The topological polar surface area (TPSA) is 60.0 Å². The van der Waals surface area contributed by atoms with Crippen LogP contribution in [0.25, 0.3) is 0 Å². The molecule has 126 valence electrons. The number of nitrogens with one attached hydrogen (secondary N) is 1. The molecule has 5 heteroatoms. The normalized spacial score (nSPS) is 15.3. The second kappa shape index (κ2) is 7.36. The summed E-state index contributed by atoms with van der Waals surface area (Å²) in [6, 6.07) is 16.0. The smallest absolute Gasteiger partial charge is 0.337 e. The molecule has 1 fully saturated rings. The molecule has 5 nitrogen and oxygen atoms in total. The Labute approximate surface area is 142 Å². The molecule has 0 atom stereocenters. The van der Waals surface area contributed by atoms with Crippen LogP contribution in [0.15, 0.2) is 48.5 Å². The number of anilines is 2. The maximum absolute atomic E-state index is 11.6. The van der Waals surface area contributed by atoms with Gasteiger partial charge in [-0.1, -0.05) is 30.3 Å². The van der Waals surface area contributed by atoms with Crippen molar-refractivity contribution in [1.82, 2.24) is 0 Å². The molecule has 0 bridgehead atoms. The van der Waals surface area contributed by atoms with E-state index in [-0.39, 0.29) is 5.97 Å². The fourth-order valence-corrected chi connectivity index (χ4v) is 3.21. The summed E-state index contributed by atoms with van der Waals surface area (Å²) in [5.74, 6) is -0.356. The Morgan fingerprint density at radius 1 is 1.17 bits per heavy atom. The third-order valence-corrected chi connectivity index (χ3v) is 4.56. The van der Waals surface area contributed by atoms with E-state index < -0.39 is 0 Å². The highest BCUT2D eigenvalue weighted by molar-refractivity contribution is 5.91. The molecule has 0 unspecified atom stereocenters. The number of nitrogens with zero attached hydrogens (tertiary/aromatic N) is 1. The lowest BCUT2D eigenvalue weighted by Crippen LogP contribution is -3.13. The Balaban J connectivity index is 1.61. The molecular weight excluding hydrogens is 302 g/mol. The molecule has 0 saturated carbocycles. The van der Waals surface area contributed by atoms with Crippen molar-refractivity contribution in [2.75, 3.05) is 43.9 Å². The van der Waals surface area contributed by atoms with Crippen LogP contribution in [0, 0.1) is 0 Å². The van der Waals surface area contributed by atoms with Gasteiger partial charge in [0.25, 0.3) is 0 Å². The van der Waals surface area contributed by atoms with Crippen LogP contribution in [-0.2, 0) is 11.3 Å². The lowest BCUT2D eigenvalue weighted by Gasteiger charge is -2.34. The number of nitrogen functional groups attached to an aromatic ring is 1. The van der Waals surface area contributed by atoms with Crippen molar-refractivity contribution in [2.24, 2.45) is 0 Å². The Bertz CT molecular complexity index is 695. The maximum atomic E-state index is 11.6. The fourth-order valence-electron chi connectivity index (χ4n) is 3.21. The van der Waals surface area contributed by atoms with Crippen LogP contribution in [0.4, 0.5) is 11.4 Å². The lowest BCUT2D eigenvalue weighted by atomic mass is 10.1. The predicted octanol–water partition coefficient (Wildman–Crippen LogP) is 0.960. The van der Waals surface area contributed by atoms with Crippen molar-refractivity contribution >= 4 is 17.3 Å². The third kappa shape index (κ3) is 3.68. The van der Waals surface area contributed by atoms with Crippen LogP contribution in [0.2, 0.25) is 0 Å². The monoisotopic (exact) mass is 326 g/mol. The number of carbonyl (C=O) groups is 1. The van der Waals surface area contributed by atoms with Crippen molar-refractivity contribution in [3.63, 3.8) is 0 Å². The van der Waals surface area contributed by atoms with Crippen molar-refractivity contribution in [3.05, 3.63) is 59.7 Å². The van der Waals surface area contributed by atoms with E-state index in [1.807, 2.05) is 6.07 Å². The molecule has 0 amide bonds. The summed E-state index contributed by atoms with van der Waals surface area (Å²) in [5.41, 5.74) is 9.65. The van der Waals surface area contributed by atoms with E-state index in [0.29, 0.717) is 11.3 Å². The lowest BCUT2D eigenvalue weighted by molar-refractivity contribution is -0.914. The van der Waals surface area contributed by atoms with E-state index in [4.69, 9.17) is 10.5 Å². The van der Waals surface area contributed by atoms with Gasteiger partial charge in [-0.25, -0.2) is 4.79 Å². The van der Waals surface area contributed by atoms with E-state index in [2.05, 4.69) is 35.2 Å². The van der Waals surface area contributed by atoms with Gasteiger partial charge in [-0.05, 0) is 18.2 Å². The number of nitrogens with two attached hydrogens (primary N) is 1. The number of methoxy groups -OCH3 is 1. The van der Waals surface area contributed by atoms with Gasteiger partial charge in [0.1, 0.15) is 6.54 Å². The number of ether oxygens (including phenoxy) is 1. The largest absolute Gasteiger partial charge is 0.465 e. The quantitative estimate of drug-likeness (QED) is 0.649. The maximum Gasteiger partial charge on any atom is 0.337 e. The van der Waals surface area contributed by atoms with Gasteiger partial charge in [-0.15, -0.1) is 0 Å². The van der Waals surface area contributed by atoms with Gasteiger partial charge in [0.2, 0.25) is 0 Å². The summed E-state index contributed by atoms with van der Waals surface area (Å²) in [6.45, 7) is 5.14. The van der Waals surface area contributed by atoms with E-state index in [1.54, 1.807) is 17.0 Å². The minimum atomic E-state index is -0.356. The van der Waals surface area contributed by atoms with Gasteiger partial charge in [0, 0.05) is 5.56 Å².